The molecule has 0 aliphatic carbocycles. The zero-order valence-electron chi connectivity index (χ0n) is 9.57. The van der Waals surface area contributed by atoms with E-state index in [2.05, 4.69) is 4.99 Å². The third-order valence-corrected chi connectivity index (χ3v) is 2.71. The van der Waals surface area contributed by atoms with Crippen molar-refractivity contribution >= 4 is 5.90 Å². The summed E-state index contributed by atoms with van der Waals surface area (Å²) in [6.07, 6.45) is -4.31. The summed E-state index contributed by atoms with van der Waals surface area (Å²) in [6.45, 7) is 0.685. The van der Waals surface area contributed by atoms with Gasteiger partial charge in [0.1, 0.15) is 6.61 Å². The summed E-state index contributed by atoms with van der Waals surface area (Å²) in [6, 6.07) is 5.29. The molecule has 1 aromatic rings. The highest BCUT2D eigenvalue weighted by atomic mass is 19.4. The Labute approximate surface area is 102 Å². The number of hydrogen-bond donors (Lipinski definition) is 1. The largest absolute Gasteiger partial charge is 0.478 e. The molecule has 1 atom stereocenters. The summed E-state index contributed by atoms with van der Waals surface area (Å²) in [5.41, 5.74) is 4.94. The van der Waals surface area contributed by atoms with Crippen molar-refractivity contribution in [1.82, 2.24) is 0 Å². The summed E-state index contributed by atoms with van der Waals surface area (Å²) in [4.78, 5) is 4.13. The van der Waals surface area contributed by atoms with Crippen LogP contribution in [-0.4, -0.2) is 25.1 Å². The second kappa shape index (κ2) is 4.97. The van der Waals surface area contributed by atoms with E-state index in [0.717, 1.165) is 6.07 Å². The van der Waals surface area contributed by atoms with Crippen LogP contribution in [-0.2, 0) is 17.3 Å². The predicted octanol–water partition coefficient (Wildman–Crippen LogP) is 2.00. The molecule has 1 heterocycles. The van der Waals surface area contributed by atoms with Gasteiger partial charge in [-0.25, -0.2) is 4.99 Å². The number of ether oxygens (including phenoxy) is 1. The fourth-order valence-corrected chi connectivity index (χ4v) is 1.80. The van der Waals surface area contributed by atoms with Gasteiger partial charge >= 0.3 is 6.18 Å². The van der Waals surface area contributed by atoms with Crippen molar-refractivity contribution in [2.45, 2.75) is 18.6 Å². The van der Waals surface area contributed by atoms with Gasteiger partial charge in [-0.05, 0) is 11.6 Å². The van der Waals surface area contributed by atoms with Crippen molar-refractivity contribution in [2.75, 3.05) is 13.2 Å². The third-order valence-electron chi connectivity index (χ3n) is 2.71. The molecule has 6 heteroatoms. The van der Waals surface area contributed by atoms with E-state index in [4.69, 9.17) is 10.5 Å². The maximum Gasteiger partial charge on any atom is 0.416 e. The van der Waals surface area contributed by atoms with Gasteiger partial charge in [-0.2, -0.15) is 13.2 Å². The molecule has 1 unspecified atom stereocenters. The van der Waals surface area contributed by atoms with Crippen molar-refractivity contribution in [3.8, 4) is 0 Å². The fourth-order valence-electron chi connectivity index (χ4n) is 1.80. The molecular formula is C12H13F3N2O. The topological polar surface area (TPSA) is 47.6 Å². The summed E-state index contributed by atoms with van der Waals surface area (Å²) in [5, 5.41) is 0. The molecule has 2 N–H and O–H groups in total. The van der Waals surface area contributed by atoms with E-state index in [-0.39, 0.29) is 18.0 Å². The molecule has 0 fully saturated rings. The summed E-state index contributed by atoms with van der Waals surface area (Å²) in [7, 11) is 0. The molecule has 2 rings (SSSR count). The summed E-state index contributed by atoms with van der Waals surface area (Å²) < 4.78 is 43.5. The van der Waals surface area contributed by atoms with Gasteiger partial charge in [-0.15, -0.1) is 0 Å². The van der Waals surface area contributed by atoms with Crippen LogP contribution in [0.5, 0.6) is 0 Å². The lowest BCUT2D eigenvalue weighted by Crippen LogP contribution is -2.18. The maximum atomic E-state index is 12.8. The van der Waals surface area contributed by atoms with Crippen molar-refractivity contribution < 1.29 is 17.9 Å². The molecule has 0 aromatic heterocycles. The molecule has 0 amide bonds. The van der Waals surface area contributed by atoms with Gasteiger partial charge in [0.25, 0.3) is 0 Å². The first-order valence-corrected chi connectivity index (χ1v) is 5.55. The second-order valence-electron chi connectivity index (χ2n) is 4.06. The van der Waals surface area contributed by atoms with Gasteiger partial charge in [-0.1, -0.05) is 18.2 Å². The Hall–Kier alpha value is -1.56. The molecule has 1 aliphatic rings. The molecule has 0 radical (unpaired) electrons. The molecule has 1 aliphatic heterocycles. The highest BCUT2D eigenvalue weighted by molar-refractivity contribution is 5.80. The number of halogens is 3. The fraction of sp³-hybridized carbons (Fsp3) is 0.417. The highest BCUT2D eigenvalue weighted by Crippen LogP contribution is 2.32. The molecule has 1 aromatic carbocycles. The molecule has 0 saturated heterocycles. The Morgan fingerprint density at radius 2 is 2.06 bits per heavy atom. The molecule has 0 spiro atoms. The number of hydrogen-bond acceptors (Lipinski definition) is 3. The number of alkyl halides is 3. The molecular weight excluding hydrogens is 245 g/mol. The Bertz CT molecular complexity index is 457. The quantitative estimate of drug-likeness (QED) is 0.901. The Balaban J connectivity index is 2.20. The minimum Gasteiger partial charge on any atom is -0.478 e. The number of benzene rings is 1. The van der Waals surface area contributed by atoms with E-state index in [1.54, 1.807) is 6.07 Å². The third kappa shape index (κ3) is 2.81. The minimum absolute atomic E-state index is 0.0478. The molecule has 0 saturated carbocycles. The number of rotatable bonds is 3. The Morgan fingerprint density at radius 1 is 1.33 bits per heavy atom. The molecule has 98 valence electrons. The highest BCUT2D eigenvalue weighted by Gasteiger charge is 2.33. The molecule has 18 heavy (non-hydrogen) atoms. The normalized spacial score (nSPS) is 19.6. The first-order chi connectivity index (χ1) is 8.50. The van der Waals surface area contributed by atoms with Crippen LogP contribution in [0.25, 0.3) is 0 Å². The van der Waals surface area contributed by atoms with E-state index < -0.39 is 11.7 Å². The summed E-state index contributed by atoms with van der Waals surface area (Å²) >= 11 is 0. The van der Waals surface area contributed by atoms with Gasteiger partial charge < -0.3 is 10.5 Å². The van der Waals surface area contributed by atoms with Gasteiger partial charge in [0, 0.05) is 13.0 Å². The van der Waals surface area contributed by atoms with Crippen LogP contribution in [0, 0.1) is 0 Å². The second-order valence-corrected chi connectivity index (χ2v) is 4.06. The van der Waals surface area contributed by atoms with E-state index >= 15 is 0 Å². The van der Waals surface area contributed by atoms with Crippen LogP contribution < -0.4 is 5.73 Å². The van der Waals surface area contributed by atoms with Crippen LogP contribution >= 0.6 is 0 Å². The summed E-state index contributed by atoms with van der Waals surface area (Å²) in [5.74, 6) is 0.321. The van der Waals surface area contributed by atoms with E-state index in [9.17, 15) is 13.2 Å². The monoisotopic (exact) mass is 258 g/mol. The lowest BCUT2D eigenvalue weighted by atomic mass is 10.0. The van der Waals surface area contributed by atoms with Gasteiger partial charge in [0.05, 0.1) is 11.6 Å². The average Bonchev–Trinajstić information content (AvgIpc) is 2.76. The number of nitrogens with zero attached hydrogens (tertiary/aromatic N) is 1. The zero-order valence-corrected chi connectivity index (χ0v) is 9.57. The standard InChI is InChI=1S/C12H13F3N2O/c13-12(14,15)10-4-2-1-3-8(10)5-11-17-9(6-16)7-18-11/h1-4,9H,5-7,16H2. The van der Waals surface area contributed by atoms with Crippen molar-refractivity contribution in [2.24, 2.45) is 10.7 Å². The first-order valence-electron chi connectivity index (χ1n) is 5.55. The van der Waals surface area contributed by atoms with Crippen molar-refractivity contribution in [1.29, 1.82) is 0 Å². The van der Waals surface area contributed by atoms with E-state index in [1.807, 2.05) is 0 Å². The number of nitrogens with two attached hydrogens (primary N) is 1. The number of aliphatic imine (C=N–C) groups is 1. The predicted molar refractivity (Wildman–Crippen MR) is 61.4 cm³/mol. The minimum atomic E-state index is -4.36. The Kier molecular flexibility index (Phi) is 3.56. The SMILES string of the molecule is NCC1COC(Cc2ccccc2C(F)(F)F)=N1. The lowest BCUT2D eigenvalue weighted by Gasteiger charge is -2.12. The Morgan fingerprint density at radius 3 is 2.67 bits per heavy atom. The van der Waals surface area contributed by atoms with E-state index in [0.29, 0.717) is 19.0 Å². The molecule has 3 nitrogen and oxygen atoms in total. The van der Waals surface area contributed by atoms with Crippen LogP contribution in [0.15, 0.2) is 29.3 Å². The molecule has 0 bridgehead atoms. The van der Waals surface area contributed by atoms with Crippen molar-refractivity contribution in [3.63, 3.8) is 0 Å². The lowest BCUT2D eigenvalue weighted by molar-refractivity contribution is -0.138. The van der Waals surface area contributed by atoms with Gasteiger partial charge in [0.15, 0.2) is 5.90 Å². The smallest absolute Gasteiger partial charge is 0.416 e. The van der Waals surface area contributed by atoms with Gasteiger partial charge in [-0.3, -0.25) is 0 Å². The van der Waals surface area contributed by atoms with Crippen LogP contribution in [0.2, 0.25) is 0 Å². The van der Waals surface area contributed by atoms with E-state index in [1.165, 1.54) is 12.1 Å². The van der Waals surface area contributed by atoms with Gasteiger partial charge in [0.2, 0.25) is 0 Å². The maximum absolute atomic E-state index is 12.8. The first kappa shape index (κ1) is 12.9. The van der Waals surface area contributed by atoms with Crippen LogP contribution in [0.1, 0.15) is 11.1 Å². The average molecular weight is 258 g/mol. The van der Waals surface area contributed by atoms with Crippen LogP contribution in [0.3, 0.4) is 0 Å². The van der Waals surface area contributed by atoms with Crippen LogP contribution in [0.4, 0.5) is 13.2 Å². The zero-order chi connectivity index (χ0) is 13.2. The van der Waals surface area contributed by atoms with Crippen molar-refractivity contribution in [3.05, 3.63) is 35.4 Å².